The van der Waals surface area contributed by atoms with Crippen LogP contribution in [0.5, 0.6) is 17.2 Å². The zero-order valence-electron chi connectivity index (χ0n) is 13.0. The van der Waals surface area contributed by atoms with Crippen LogP contribution in [0.4, 0.5) is 0 Å². The molecule has 1 aliphatic heterocycles. The number of methoxy groups -OCH3 is 1. The molecule has 1 heterocycles. The smallest absolute Gasteiger partial charge is 0.308 e. The lowest BCUT2D eigenvalue weighted by molar-refractivity contribution is -0.131. The molecule has 23 heavy (non-hydrogen) atoms. The highest BCUT2D eigenvalue weighted by Crippen LogP contribution is 2.42. The van der Waals surface area contributed by atoms with Gasteiger partial charge in [-0.15, -0.1) is 0 Å². The molecule has 2 aromatic carbocycles. The monoisotopic (exact) mass is 314 g/mol. The minimum Gasteiger partial charge on any atom is -0.497 e. The van der Waals surface area contributed by atoms with Gasteiger partial charge in [0.25, 0.3) is 0 Å². The number of hydrogen-bond donors (Lipinski definition) is 1. The van der Waals surface area contributed by atoms with Gasteiger partial charge < -0.3 is 19.3 Å². The van der Waals surface area contributed by atoms with Crippen LogP contribution < -0.4 is 14.2 Å². The summed E-state index contributed by atoms with van der Waals surface area (Å²) in [6.07, 6.45) is -0.504. The van der Waals surface area contributed by atoms with Crippen molar-refractivity contribution in [2.24, 2.45) is 0 Å². The van der Waals surface area contributed by atoms with E-state index in [1.54, 1.807) is 37.4 Å². The van der Waals surface area contributed by atoms with Gasteiger partial charge in [-0.1, -0.05) is 12.1 Å². The summed E-state index contributed by atoms with van der Waals surface area (Å²) < 4.78 is 16.3. The molecule has 1 aliphatic rings. The maximum absolute atomic E-state index is 11.1. The largest absolute Gasteiger partial charge is 0.497 e. The van der Waals surface area contributed by atoms with Crippen molar-refractivity contribution in [3.05, 3.63) is 53.6 Å². The minimum atomic E-state index is -0.618. The third kappa shape index (κ3) is 3.29. The van der Waals surface area contributed by atoms with E-state index in [1.165, 1.54) is 6.92 Å². The molecule has 2 atom stereocenters. The van der Waals surface area contributed by atoms with E-state index in [0.29, 0.717) is 23.7 Å². The van der Waals surface area contributed by atoms with Crippen molar-refractivity contribution in [1.82, 2.24) is 0 Å². The predicted octanol–water partition coefficient (Wildman–Crippen LogP) is 3.18. The van der Waals surface area contributed by atoms with Crippen LogP contribution in [-0.4, -0.2) is 18.2 Å². The highest BCUT2D eigenvalue weighted by molar-refractivity contribution is 5.69. The first kappa shape index (κ1) is 15.4. The number of fused-ring (bicyclic) bond motifs is 1. The quantitative estimate of drug-likeness (QED) is 0.696. The number of carbonyl (C=O) groups excluding carboxylic acids is 1. The predicted molar refractivity (Wildman–Crippen MR) is 83.7 cm³/mol. The molecule has 0 radical (unpaired) electrons. The van der Waals surface area contributed by atoms with Crippen LogP contribution in [0.1, 0.15) is 36.7 Å². The van der Waals surface area contributed by atoms with Crippen molar-refractivity contribution in [1.29, 1.82) is 0 Å². The molecule has 0 aliphatic carbocycles. The number of esters is 1. The summed E-state index contributed by atoms with van der Waals surface area (Å²) >= 11 is 0. The highest BCUT2D eigenvalue weighted by atomic mass is 16.5. The molecular formula is C18H18O5. The zero-order valence-corrected chi connectivity index (χ0v) is 13.0. The molecule has 1 N–H and O–H groups in total. The SMILES string of the molecule is COc1ccc2c(c1)OC(c1cccc(OC(C)=O)c1)CC2O. The Morgan fingerprint density at radius 3 is 2.78 bits per heavy atom. The van der Waals surface area contributed by atoms with Crippen molar-refractivity contribution in [2.45, 2.75) is 25.6 Å². The van der Waals surface area contributed by atoms with E-state index >= 15 is 0 Å². The van der Waals surface area contributed by atoms with Crippen LogP contribution in [0.2, 0.25) is 0 Å². The average molecular weight is 314 g/mol. The van der Waals surface area contributed by atoms with Crippen molar-refractivity contribution in [3.8, 4) is 17.2 Å². The fraction of sp³-hybridized carbons (Fsp3) is 0.278. The summed E-state index contributed by atoms with van der Waals surface area (Å²) in [5, 5.41) is 10.4. The van der Waals surface area contributed by atoms with Gasteiger partial charge in [0, 0.05) is 25.0 Å². The summed E-state index contributed by atoms with van der Waals surface area (Å²) in [4.78, 5) is 11.1. The van der Waals surface area contributed by atoms with E-state index in [-0.39, 0.29) is 12.1 Å². The summed E-state index contributed by atoms with van der Waals surface area (Å²) in [7, 11) is 1.58. The van der Waals surface area contributed by atoms with Gasteiger partial charge in [0.05, 0.1) is 13.2 Å². The number of hydrogen-bond acceptors (Lipinski definition) is 5. The third-order valence-corrected chi connectivity index (χ3v) is 3.78. The van der Waals surface area contributed by atoms with Crippen LogP contribution in [0.3, 0.4) is 0 Å². The van der Waals surface area contributed by atoms with Crippen LogP contribution in [0.25, 0.3) is 0 Å². The molecule has 0 fully saturated rings. The van der Waals surface area contributed by atoms with E-state index in [1.807, 2.05) is 12.1 Å². The molecule has 0 amide bonds. The summed E-state index contributed by atoms with van der Waals surface area (Å²) in [5.41, 5.74) is 1.59. The second-order valence-electron chi connectivity index (χ2n) is 5.43. The minimum absolute atomic E-state index is 0.319. The first-order valence-corrected chi connectivity index (χ1v) is 7.38. The lowest BCUT2D eigenvalue weighted by Gasteiger charge is -2.30. The second kappa shape index (κ2) is 6.30. The summed E-state index contributed by atoms with van der Waals surface area (Å²) in [5.74, 6) is 1.36. The molecule has 5 nitrogen and oxygen atoms in total. The molecule has 0 saturated carbocycles. The molecule has 0 bridgehead atoms. The van der Waals surface area contributed by atoms with Crippen LogP contribution in [-0.2, 0) is 4.79 Å². The Bertz CT molecular complexity index is 725. The molecule has 0 aromatic heterocycles. The Morgan fingerprint density at radius 1 is 1.22 bits per heavy atom. The van der Waals surface area contributed by atoms with Crippen molar-refractivity contribution < 1.29 is 24.1 Å². The van der Waals surface area contributed by atoms with Gasteiger partial charge in [-0.2, -0.15) is 0 Å². The number of carbonyl (C=O) groups is 1. The first-order chi connectivity index (χ1) is 11.1. The van der Waals surface area contributed by atoms with Gasteiger partial charge in [-0.3, -0.25) is 4.79 Å². The maximum atomic E-state index is 11.1. The Kier molecular flexibility index (Phi) is 4.21. The standard InChI is InChI=1S/C18H18O5/c1-11(19)22-14-5-3-4-12(8-14)17-10-16(20)15-7-6-13(21-2)9-18(15)23-17/h3-9,16-17,20H,10H2,1-2H3. The molecule has 120 valence electrons. The molecular weight excluding hydrogens is 296 g/mol. The Balaban J connectivity index is 1.88. The van der Waals surface area contributed by atoms with E-state index in [4.69, 9.17) is 14.2 Å². The topological polar surface area (TPSA) is 65.0 Å². The van der Waals surface area contributed by atoms with Gasteiger partial charge in [-0.05, 0) is 29.8 Å². The van der Waals surface area contributed by atoms with E-state index in [9.17, 15) is 9.90 Å². The number of ether oxygens (including phenoxy) is 3. The molecule has 0 saturated heterocycles. The van der Waals surface area contributed by atoms with Crippen LogP contribution in [0.15, 0.2) is 42.5 Å². The lowest BCUT2D eigenvalue weighted by Crippen LogP contribution is -2.19. The van der Waals surface area contributed by atoms with Crippen LogP contribution >= 0.6 is 0 Å². The number of aliphatic hydroxyl groups is 1. The van der Waals surface area contributed by atoms with E-state index in [2.05, 4.69) is 0 Å². The lowest BCUT2D eigenvalue weighted by atomic mass is 9.95. The molecule has 0 spiro atoms. The molecule has 2 aromatic rings. The molecule has 2 unspecified atom stereocenters. The van der Waals surface area contributed by atoms with Gasteiger partial charge in [0.15, 0.2) is 0 Å². The van der Waals surface area contributed by atoms with E-state index < -0.39 is 6.10 Å². The van der Waals surface area contributed by atoms with Gasteiger partial charge in [0.2, 0.25) is 0 Å². The maximum Gasteiger partial charge on any atom is 0.308 e. The first-order valence-electron chi connectivity index (χ1n) is 7.38. The van der Waals surface area contributed by atoms with Crippen molar-refractivity contribution in [3.63, 3.8) is 0 Å². The molecule has 3 rings (SSSR count). The van der Waals surface area contributed by atoms with Gasteiger partial charge in [0.1, 0.15) is 23.4 Å². The number of rotatable bonds is 3. The Labute approximate surface area is 134 Å². The van der Waals surface area contributed by atoms with Crippen LogP contribution in [0, 0.1) is 0 Å². The Hall–Kier alpha value is -2.53. The summed E-state index contributed by atoms with van der Waals surface area (Å²) in [6, 6.07) is 12.5. The Morgan fingerprint density at radius 2 is 2.04 bits per heavy atom. The van der Waals surface area contributed by atoms with E-state index in [0.717, 1.165) is 11.1 Å². The third-order valence-electron chi connectivity index (χ3n) is 3.78. The van der Waals surface area contributed by atoms with Gasteiger partial charge in [-0.25, -0.2) is 0 Å². The highest BCUT2D eigenvalue weighted by Gasteiger charge is 2.28. The second-order valence-corrected chi connectivity index (χ2v) is 5.43. The van der Waals surface area contributed by atoms with Crippen molar-refractivity contribution >= 4 is 5.97 Å². The van der Waals surface area contributed by atoms with Gasteiger partial charge >= 0.3 is 5.97 Å². The zero-order chi connectivity index (χ0) is 16.4. The fourth-order valence-electron chi connectivity index (χ4n) is 2.70. The average Bonchev–Trinajstić information content (AvgIpc) is 2.53. The summed E-state index contributed by atoms with van der Waals surface area (Å²) in [6.45, 7) is 1.36. The number of benzene rings is 2. The normalized spacial score (nSPS) is 19.4. The number of aliphatic hydroxyl groups excluding tert-OH is 1. The molecule has 5 heteroatoms. The van der Waals surface area contributed by atoms with Crippen molar-refractivity contribution in [2.75, 3.05) is 7.11 Å². The fourth-order valence-corrected chi connectivity index (χ4v) is 2.70.